The van der Waals surface area contributed by atoms with Gasteiger partial charge >= 0.3 is 0 Å². The molecule has 3 aromatic rings. The molecular weight excluding hydrogens is 484 g/mol. The first-order valence-electron chi connectivity index (χ1n) is 16.8. The van der Waals surface area contributed by atoms with E-state index < -0.39 is 0 Å². The molecule has 220 valence electrons. The molecule has 40 heavy (non-hydrogen) atoms. The number of nitrogens with one attached hydrogen (secondary N) is 1. The molecule has 1 heterocycles. The van der Waals surface area contributed by atoms with Crippen LogP contribution in [0.4, 0.5) is 0 Å². The summed E-state index contributed by atoms with van der Waals surface area (Å²) < 4.78 is 2.56. The van der Waals surface area contributed by atoms with Gasteiger partial charge in [-0.15, -0.1) is 0 Å². The van der Waals surface area contributed by atoms with Crippen LogP contribution in [-0.2, 0) is 18.4 Å². The first-order chi connectivity index (χ1) is 19.7. The van der Waals surface area contributed by atoms with Crippen molar-refractivity contribution in [3.63, 3.8) is 0 Å². The van der Waals surface area contributed by atoms with Gasteiger partial charge in [-0.05, 0) is 36.8 Å². The van der Waals surface area contributed by atoms with E-state index in [0.717, 1.165) is 13.0 Å². The van der Waals surface area contributed by atoms with Crippen molar-refractivity contribution in [1.82, 2.24) is 4.98 Å². The molecule has 2 heteroatoms. The average Bonchev–Trinajstić information content (AvgIpc) is 3.44. The quantitative estimate of drug-likeness (QED) is 0.0960. The fraction of sp³-hybridized carbons (Fsp3) is 0.605. The van der Waals surface area contributed by atoms with Gasteiger partial charge < -0.3 is 0 Å². The van der Waals surface area contributed by atoms with Crippen molar-refractivity contribution < 1.29 is 4.57 Å². The lowest BCUT2D eigenvalue weighted by molar-refractivity contribution is -0.705. The number of hydrogen-bond donors (Lipinski definition) is 1. The Balaban J connectivity index is 1.68. The van der Waals surface area contributed by atoms with Crippen LogP contribution in [0.5, 0.6) is 0 Å². The molecule has 0 aliphatic carbocycles. The number of aromatic nitrogens is 2. The van der Waals surface area contributed by atoms with Gasteiger partial charge in [0, 0.05) is 5.41 Å². The Bertz CT molecular complexity index is 1010. The Morgan fingerprint density at radius 1 is 0.650 bits per heavy atom. The molecule has 2 nitrogen and oxygen atoms in total. The molecule has 1 N–H and O–H groups in total. The maximum atomic E-state index is 3.76. The fourth-order valence-corrected chi connectivity index (χ4v) is 6.62. The smallest absolute Gasteiger partial charge is 0.247 e. The summed E-state index contributed by atoms with van der Waals surface area (Å²) in [6.45, 7) is 8.26. The summed E-state index contributed by atoms with van der Waals surface area (Å²) in [6, 6.07) is 22.5. The number of aryl methyl sites for hydroxylation is 1. The topological polar surface area (TPSA) is 19.7 Å². The van der Waals surface area contributed by atoms with Gasteiger partial charge in [0.2, 0.25) is 0 Å². The molecule has 1 aromatic heterocycles. The highest BCUT2D eigenvalue weighted by atomic mass is 15.1. The van der Waals surface area contributed by atoms with Gasteiger partial charge in [-0.2, -0.15) is 0 Å². The van der Waals surface area contributed by atoms with Gasteiger partial charge in [-0.3, -0.25) is 0 Å². The third-order valence-corrected chi connectivity index (χ3v) is 9.09. The molecule has 0 saturated carbocycles. The lowest BCUT2D eigenvalue weighted by atomic mass is 9.66. The summed E-state index contributed by atoms with van der Waals surface area (Å²) in [5, 5.41) is 0. The average molecular weight is 544 g/mol. The number of nitrogens with zero attached hydrogens (tertiary/aromatic N) is 1. The highest BCUT2D eigenvalue weighted by molar-refractivity contribution is 5.32. The van der Waals surface area contributed by atoms with Crippen LogP contribution in [0.3, 0.4) is 0 Å². The summed E-state index contributed by atoms with van der Waals surface area (Å²) in [5.74, 6) is 1.86. The fourth-order valence-electron chi connectivity index (χ4n) is 6.62. The van der Waals surface area contributed by atoms with Crippen LogP contribution in [0.2, 0.25) is 0 Å². The Labute approximate surface area is 247 Å². The van der Waals surface area contributed by atoms with Crippen molar-refractivity contribution in [2.45, 2.75) is 148 Å². The van der Waals surface area contributed by atoms with Gasteiger partial charge in [0.05, 0.1) is 12.5 Å². The maximum absolute atomic E-state index is 3.76. The SMILES string of the molecule is CCCCCCCCCCCCC[n+]1cc[nH]c1C(CCCCCC)C(C)(Cc1ccccc1)c1ccccc1. The third-order valence-electron chi connectivity index (χ3n) is 9.09. The monoisotopic (exact) mass is 543 g/mol. The Kier molecular flexibility index (Phi) is 15.2. The van der Waals surface area contributed by atoms with Crippen molar-refractivity contribution in [3.05, 3.63) is 90.0 Å². The van der Waals surface area contributed by atoms with Gasteiger partial charge in [-0.25, -0.2) is 9.55 Å². The number of imidazole rings is 1. The van der Waals surface area contributed by atoms with Crippen LogP contribution < -0.4 is 4.57 Å². The Morgan fingerprint density at radius 2 is 1.18 bits per heavy atom. The zero-order valence-electron chi connectivity index (χ0n) is 26.2. The molecule has 0 aliphatic heterocycles. The lowest BCUT2D eigenvalue weighted by Crippen LogP contribution is -2.43. The normalized spacial score (nSPS) is 13.8. The highest BCUT2D eigenvalue weighted by Gasteiger charge is 2.41. The van der Waals surface area contributed by atoms with Crippen LogP contribution in [0, 0.1) is 0 Å². The number of rotatable bonds is 22. The molecule has 0 aliphatic rings. The summed E-state index contributed by atoms with van der Waals surface area (Å²) >= 11 is 0. The predicted octanol–water partition coefficient (Wildman–Crippen LogP) is 10.9. The second-order valence-corrected chi connectivity index (χ2v) is 12.4. The largest absolute Gasteiger partial charge is 0.258 e. The van der Waals surface area contributed by atoms with Crippen molar-refractivity contribution in [2.75, 3.05) is 0 Å². The molecule has 2 aromatic carbocycles. The highest BCUT2D eigenvalue weighted by Crippen LogP contribution is 2.43. The number of aromatic amines is 1. The Morgan fingerprint density at radius 3 is 1.77 bits per heavy atom. The number of benzene rings is 2. The van der Waals surface area contributed by atoms with E-state index in [1.807, 2.05) is 0 Å². The molecule has 2 atom stereocenters. The standard InChI is InChI=1S/C38H58N2/c1-4-6-8-10-11-12-13-14-15-16-24-31-40-32-30-39-37(40)36(29-23-9-7-5-2)38(3,35-27-21-18-22-28-35)33-34-25-19-17-20-26-34/h17-22,25-28,30,32,36H,4-16,23-24,29,31,33H2,1-3H3/p+1. The van der Waals surface area contributed by atoms with Gasteiger partial charge in [-0.1, -0.05) is 165 Å². The lowest BCUT2D eigenvalue weighted by Gasteiger charge is -2.37. The number of hydrogen-bond acceptors (Lipinski definition) is 0. The summed E-state index contributed by atoms with van der Waals surface area (Å²) in [5.41, 5.74) is 2.89. The van der Waals surface area contributed by atoms with Crippen LogP contribution >= 0.6 is 0 Å². The predicted molar refractivity (Wildman–Crippen MR) is 173 cm³/mol. The van der Waals surface area contributed by atoms with Crippen molar-refractivity contribution in [3.8, 4) is 0 Å². The van der Waals surface area contributed by atoms with E-state index in [1.165, 1.54) is 120 Å². The van der Waals surface area contributed by atoms with Gasteiger partial charge in [0.25, 0.3) is 5.82 Å². The Hall–Kier alpha value is -2.35. The maximum Gasteiger partial charge on any atom is 0.258 e. The van der Waals surface area contributed by atoms with Crippen LogP contribution in [0.25, 0.3) is 0 Å². The number of H-pyrrole nitrogens is 1. The van der Waals surface area contributed by atoms with Crippen LogP contribution in [-0.4, -0.2) is 4.98 Å². The third kappa shape index (κ3) is 10.6. The van der Waals surface area contributed by atoms with E-state index in [-0.39, 0.29) is 5.41 Å². The summed E-state index contributed by atoms with van der Waals surface area (Å²) in [4.78, 5) is 3.76. The molecule has 0 fully saturated rings. The van der Waals surface area contributed by atoms with Crippen molar-refractivity contribution in [2.24, 2.45) is 0 Å². The van der Waals surface area contributed by atoms with E-state index in [1.54, 1.807) is 0 Å². The van der Waals surface area contributed by atoms with E-state index in [9.17, 15) is 0 Å². The minimum absolute atomic E-state index is 0.0125. The van der Waals surface area contributed by atoms with Crippen LogP contribution in [0.1, 0.15) is 146 Å². The molecule has 0 radical (unpaired) electrons. The second-order valence-electron chi connectivity index (χ2n) is 12.4. The minimum atomic E-state index is 0.0125. The minimum Gasteiger partial charge on any atom is -0.247 e. The summed E-state index contributed by atoms with van der Waals surface area (Å²) in [6.07, 6.45) is 27.3. The van der Waals surface area contributed by atoms with E-state index >= 15 is 0 Å². The molecule has 0 saturated heterocycles. The molecular formula is C38H59N2+. The zero-order chi connectivity index (χ0) is 28.3. The van der Waals surface area contributed by atoms with Crippen molar-refractivity contribution >= 4 is 0 Å². The summed E-state index contributed by atoms with van der Waals surface area (Å²) in [7, 11) is 0. The molecule has 2 unspecified atom stereocenters. The zero-order valence-corrected chi connectivity index (χ0v) is 26.2. The molecule has 3 rings (SSSR count). The second kappa shape index (κ2) is 18.9. The van der Waals surface area contributed by atoms with Crippen LogP contribution in [0.15, 0.2) is 73.1 Å². The first-order valence-corrected chi connectivity index (χ1v) is 16.8. The van der Waals surface area contributed by atoms with E-state index in [0.29, 0.717) is 5.92 Å². The van der Waals surface area contributed by atoms with E-state index in [4.69, 9.17) is 0 Å². The molecule has 0 bridgehead atoms. The molecule has 0 amide bonds. The number of unbranched alkanes of at least 4 members (excludes halogenated alkanes) is 13. The van der Waals surface area contributed by atoms with Gasteiger partial charge in [0.15, 0.2) is 0 Å². The molecule has 0 spiro atoms. The van der Waals surface area contributed by atoms with E-state index in [2.05, 4.69) is 103 Å². The first kappa shape index (κ1) is 32.2. The van der Waals surface area contributed by atoms with Crippen molar-refractivity contribution in [1.29, 1.82) is 0 Å². The van der Waals surface area contributed by atoms with Gasteiger partial charge in [0.1, 0.15) is 12.4 Å².